The Balaban J connectivity index is 2.04. The maximum Gasteiger partial charge on any atom is 0.273 e. The van der Waals surface area contributed by atoms with Crippen LogP contribution in [0.3, 0.4) is 0 Å². The molecule has 1 aromatic carbocycles. The Hall–Kier alpha value is -0.960. The molecule has 0 aliphatic heterocycles. The van der Waals surface area contributed by atoms with Gasteiger partial charge in [0.2, 0.25) is 0 Å². The van der Waals surface area contributed by atoms with E-state index in [2.05, 4.69) is 5.32 Å². The second kappa shape index (κ2) is 5.35. The summed E-state index contributed by atoms with van der Waals surface area (Å²) < 4.78 is 28.0. The van der Waals surface area contributed by atoms with E-state index < -0.39 is 5.92 Å². The van der Waals surface area contributed by atoms with E-state index in [0.717, 1.165) is 5.56 Å². The van der Waals surface area contributed by atoms with Crippen LogP contribution in [0.25, 0.3) is 0 Å². The minimum Gasteiger partial charge on any atom is -0.310 e. The third-order valence-electron chi connectivity index (χ3n) is 3.19. The van der Waals surface area contributed by atoms with Gasteiger partial charge in [-0.3, -0.25) is 0 Å². The molecule has 0 amide bonds. The third kappa shape index (κ3) is 3.77. The van der Waals surface area contributed by atoms with Crippen LogP contribution in [0.4, 0.5) is 8.78 Å². The van der Waals surface area contributed by atoms with Gasteiger partial charge in [0.1, 0.15) is 0 Å². The predicted molar refractivity (Wildman–Crippen MR) is 69.7 cm³/mol. The average Bonchev–Trinajstić information content (AvgIpc) is 3.09. The summed E-state index contributed by atoms with van der Waals surface area (Å²) in [6.45, 7) is 4.34. The molecule has 1 saturated carbocycles. The first-order valence-electron chi connectivity index (χ1n) is 6.68. The van der Waals surface area contributed by atoms with E-state index in [1.807, 2.05) is 19.9 Å². The zero-order valence-corrected chi connectivity index (χ0v) is 11.0. The second-order valence-electron chi connectivity index (χ2n) is 5.66. The molecule has 0 atom stereocenters. The van der Waals surface area contributed by atoms with Crippen LogP contribution in [0, 0.1) is 5.92 Å². The second-order valence-corrected chi connectivity index (χ2v) is 5.66. The van der Waals surface area contributed by atoms with Crippen molar-refractivity contribution >= 4 is 0 Å². The molecule has 0 heterocycles. The monoisotopic (exact) mass is 253 g/mol. The van der Waals surface area contributed by atoms with E-state index in [0.29, 0.717) is 12.6 Å². The summed E-state index contributed by atoms with van der Waals surface area (Å²) in [5.74, 6) is -2.72. The summed E-state index contributed by atoms with van der Waals surface area (Å²) in [6, 6.07) is 7.41. The highest BCUT2D eigenvalue weighted by Gasteiger charge is 2.32. The van der Waals surface area contributed by atoms with Crippen LogP contribution < -0.4 is 5.32 Å². The predicted octanol–water partition coefficient (Wildman–Crippen LogP) is 4.08. The first-order chi connectivity index (χ1) is 8.47. The Kier molecular flexibility index (Phi) is 4.00. The number of rotatable bonds is 6. The first-order valence-corrected chi connectivity index (χ1v) is 6.68. The first kappa shape index (κ1) is 13.5. The quantitative estimate of drug-likeness (QED) is 0.805. The van der Waals surface area contributed by atoms with E-state index in [4.69, 9.17) is 0 Å². The van der Waals surface area contributed by atoms with Gasteiger partial charge in [0.25, 0.3) is 5.92 Å². The fourth-order valence-corrected chi connectivity index (χ4v) is 2.09. The van der Waals surface area contributed by atoms with Gasteiger partial charge in [0.05, 0.1) is 0 Å². The van der Waals surface area contributed by atoms with Gasteiger partial charge in [-0.1, -0.05) is 32.0 Å². The highest BCUT2D eigenvalue weighted by Crippen LogP contribution is 2.34. The molecule has 2 rings (SSSR count). The summed E-state index contributed by atoms with van der Waals surface area (Å²) in [5, 5.41) is 3.35. The standard InChI is InChI=1S/C15H21F2N/c1-11(2)9-15(16,17)13-5-3-4-12(8-13)10-18-14-6-7-14/h3-5,8,11,14,18H,6-7,9-10H2,1-2H3. The van der Waals surface area contributed by atoms with Crippen molar-refractivity contribution in [1.29, 1.82) is 0 Å². The number of nitrogens with one attached hydrogen (secondary N) is 1. The van der Waals surface area contributed by atoms with Crippen LogP contribution >= 0.6 is 0 Å². The zero-order valence-electron chi connectivity index (χ0n) is 11.0. The van der Waals surface area contributed by atoms with Gasteiger partial charge in [-0.05, 0) is 30.4 Å². The summed E-state index contributed by atoms with van der Waals surface area (Å²) in [7, 11) is 0. The number of benzene rings is 1. The lowest BCUT2D eigenvalue weighted by Gasteiger charge is -2.19. The molecule has 1 aliphatic rings. The summed E-state index contributed by atoms with van der Waals surface area (Å²) in [6.07, 6.45) is 2.33. The molecule has 0 spiro atoms. The van der Waals surface area contributed by atoms with Crippen molar-refractivity contribution < 1.29 is 8.78 Å². The van der Waals surface area contributed by atoms with Crippen LogP contribution in [0.5, 0.6) is 0 Å². The molecule has 100 valence electrons. The normalized spacial score (nSPS) is 16.3. The molecule has 0 unspecified atom stereocenters. The lowest BCUT2D eigenvalue weighted by Crippen LogP contribution is -2.18. The summed E-state index contributed by atoms with van der Waals surface area (Å²) >= 11 is 0. The fourth-order valence-electron chi connectivity index (χ4n) is 2.09. The molecule has 0 bridgehead atoms. The van der Waals surface area contributed by atoms with Crippen molar-refractivity contribution in [3.05, 3.63) is 35.4 Å². The van der Waals surface area contributed by atoms with Gasteiger partial charge < -0.3 is 5.32 Å². The maximum absolute atomic E-state index is 14.0. The Bertz CT molecular complexity index is 397. The van der Waals surface area contributed by atoms with Gasteiger partial charge in [-0.2, -0.15) is 0 Å². The zero-order chi connectivity index (χ0) is 13.2. The van der Waals surface area contributed by atoms with E-state index in [1.54, 1.807) is 12.1 Å². The number of hydrogen-bond donors (Lipinski definition) is 1. The van der Waals surface area contributed by atoms with Crippen molar-refractivity contribution in [2.24, 2.45) is 5.92 Å². The van der Waals surface area contributed by atoms with E-state index in [1.165, 1.54) is 18.9 Å². The molecule has 1 nitrogen and oxygen atoms in total. The Labute approximate surface area is 108 Å². The highest BCUT2D eigenvalue weighted by atomic mass is 19.3. The SMILES string of the molecule is CC(C)CC(F)(F)c1cccc(CNC2CC2)c1. The van der Waals surface area contributed by atoms with Crippen molar-refractivity contribution in [3.8, 4) is 0 Å². The summed E-state index contributed by atoms with van der Waals surface area (Å²) in [5.41, 5.74) is 1.09. The average molecular weight is 253 g/mol. The van der Waals surface area contributed by atoms with Crippen molar-refractivity contribution in [3.63, 3.8) is 0 Å². The molecule has 1 aromatic rings. The Morgan fingerprint density at radius 3 is 2.67 bits per heavy atom. The van der Waals surface area contributed by atoms with Crippen LogP contribution in [0.1, 0.15) is 44.2 Å². The van der Waals surface area contributed by atoms with E-state index in [-0.39, 0.29) is 17.9 Å². The maximum atomic E-state index is 14.0. The molecule has 0 saturated heterocycles. The van der Waals surface area contributed by atoms with Crippen molar-refractivity contribution in [1.82, 2.24) is 5.32 Å². The van der Waals surface area contributed by atoms with Gasteiger partial charge in [0.15, 0.2) is 0 Å². The van der Waals surface area contributed by atoms with Crippen LogP contribution in [0.15, 0.2) is 24.3 Å². The Morgan fingerprint density at radius 1 is 1.33 bits per heavy atom. The molecule has 0 radical (unpaired) electrons. The largest absolute Gasteiger partial charge is 0.310 e. The molecule has 18 heavy (non-hydrogen) atoms. The van der Waals surface area contributed by atoms with Gasteiger partial charge >= 0.3 is 0 Å². The van der Waals surface area contributed by atoms with Crippen LogP contribution in [-0.2, 0) is 12.5 Å². The smallest absolute Gasteiger partial charge is 0.273 e. The topological polar surface area (TPSA) is 12.0 Å². The lowest BCUT2D eigenvalue weighted by atomic mass is 9.97. The lowest BCUT2D eigenvalue weighted by molar-refractivity contribution is -0.0250. The highest BCUT2D eigenvalue weighted by molar-refractivity contribution is 5.27. The molecular formula is C15H21F2N. The van der Waals surface area contributed by atoms with E-state index in [9.17, 15) is 8.78 Å². The van der Waals surface area contributed by atoms with Crippen molar-refractivity contribution in [2.45, 2.75) is 51.6 Å². The number of hydrogen-bond acceptors (Lipinski definition) is 1. The van der Waals surface area contributed by atoms with Gasteiger partial charge in [-0.25, -0.2) is 8.78 Å². The molecule has 0 aromatic heterocycles. The van der Waals surface area contributed by atoms with Gasteiger partial charge in [0, 0.05) is 24.6 Å². The minimum absolute atomic E-state index is 0.00625. The molecule has 1 fully saturated rings. The number of alkyl halides is 2. The molecule has 1 N–H and O–H groups in total. The van der Waals surface area contributed by atoms with Crippen molar-refractivity contribution in [2.75, 3.05) is 0 Å². The molecule has 3 heteroatoms. The molecule has 1 aliphatic carbocycles. The fraction of sp³-hybridized carbons (Fsp3) is 0.600. The van der Waals surface area contributed by atoms with Gasteiger partial charge in [-0.15, -0.1) is 0 Å². The van der Waals surface area contributed by atoms with Crippen LogP contribution in [-0.4, -0.2) is 6.04 Å². The third-order valence-corrected chi connectivity index (χ3v) is 3.19. The summed E-state index contributed by atoms with van der Waals surface area (Å²) in [4.78, 5) is 0. The van der Waals surface area contributed by atoms with Crippen LogP contribution in [0.2, 0.25) is 0 Å². The molecular weight excluding hydrogens is 232 g/mol. The Morgan fingerprint density at radius 2 is 2.06 bits per heavy atom. The van der Waals surface area contributed by atoms with E-state index >= 15 is 0 Å². The number of halogens is 2. The minimum atomic E-state index is -2.72.